The molecule has 0 saturated heterocycles. The molecule has 204 valence electrons. The van der Waals surface area contributed by atoms with Crippen LogP contribution in [0.2, 0.25) is 5.02 Å². The summed E-state index contributed by atoms with van der Waals surface area (Å²) >= 11 is 5.89. The van der Waals surface area contributed by atoms with E-state index in [0.29, 0.717) is 16.3 Å². The fourth-order valence-electron chi connectivity index (χ4n) is 3.49. The Morgan fingerprint density at radius 1 is 1.08 bits per heavy atom. The molecule has 0 spiro atoms. The SMILES string of the molecule is NC(CC[C@@H](COC(=O)Nc1cc2cc(F)ccc2cn1)NC(=O)CNCc1cccc(F)c1Cl)C(F)F. The lowest BCUT2D eigenvalue weighted by molar-refractivity contribution is -0.121. The first-order chi connectivity index (χ1) is 18.1. The van der Waals surface area contributed by atoms with Gasteiger partial charge in [-0.3, -0.25) is 10.1 Å². The Morgan fingerprint density at radius 2 is 1.87 bits per heavy atom. The van der Waals surface area contributed by atoms with Crippen molar-refractivity contribution in [3.05, 3.63) is 70.9 Å². The van der Waals surface area contributed by atoms with Gasteiger partial charge in [-0.2, -0.15) is 0 Å². The van der Waals surface area contributed by atoms with Gasteiger partial charge >= 0.3 is 6.09 Å². The average Bonchev–Trinajstić information content (AvgIpc) is 2.87. The lowest BCUT2D eigenvalue weighted by Gasteiger charge is -2.21. The summed E-state index contributed by atoms with van der Waals surface area (Å²) in [5.74, 6) is -1.46. The topological polar surface area (TPSA) is 118 Å². The predicted octanol–water partition coefficient (Wildman–Crippen LogP) is 4.36. The number of benzene rings is 2. The van der Waals surface area contributed by atoms with E-state index in [-0.39, 0.29) is 43.4 Å². The van der Waals surface area contributed by atoms with Crippen molar-refractivity contribution in [1.82, 2.24) is 15.6 Å². The van der Waals surface area contributed by atoms with Crippen molar-refractivity contribution in [3.8, 4) is 0 Å². The number of aromatic nitrogens is 1. The minimum Gasteiger partial charge on any atom is -0.447 e. The number of carbonyl (C=O) groups excluding carboxylic acids is 2. The number of nitrogens with two attached hydrogens (primary N) is 1. The van der Waals surface area contributed by atoms with Gasteiger partial charge in [-0.05, 0) is 54.1 Å². The number of hydrogen-bond donors (Lipinski definition) is 4. The van der Waals surface area contributed by atoms with E-state index in [9.17, 15) is 27.2 Å². The van der Waals surface area contributed by atoms with Crippen molar-refractivity contribution in [1.29, 1.82) is 0 Å². The highest BCUT2D eigenvalue weighted by atomic mass is 35.5. The Morgan fingerprint density at radius 3 is 2.63 bits per heavy atom. The van der Waals surface area contributed by atoms with Crippen LogP contribution >= 0.6 is 11.6 Å². The lowest BCUT2D eigenvalue weighted by atomic mass is 10.1. The summed E-state index contributed by atoms with van der Waals surface area (Å²) in [5, 5.41) is 8.92. The lowest BCUT2D eigenvalue weighted by Crippen LogP contribution is -2.44. The normalized spacial score (nSPS) is 12.8. The molecule has 38 heavy (non-hydrogen) atoms. The van der Waals surface area contributed by atoms with E-state index in [2.05, 4.69) is 20.9 Å². The molecule has 13 heteroatoms. The standard InChI is InChI=1S/C25H26ClF4N5O3/c26-23-15(2-1-3-19(23)28)10-32-12-22(36)34-18(6-7-20(31)24(29)30)13-38-25(37)35-21-9-16-8-17(27)5-4-14(16)11-33-21/h1-5,8-9,11,18,20,24,32H,6-7,10,12-13,31H2,(H,34,36)(H,33,35,37)/t18-,20?/m0/s1. The zero-order valence-corrected chi connectivity index (χ0v) is 20.8. The van der Waals surface area contributed by atoms with E-state index in [1.54, 1.807) is 12.1 Å². The van der Waals surface area contributed by atoms with Crippen molar-refractivity contribution >= 4 is 40.2 Å². The Bertz CT molecular complexity index is 1270. The number of pyridine rings is 1. The van der Waals surface area contributed by atoms with Crippen molar-refractivity contribution in [3.63, 3.8) is 0 Å². The fourth-order valence-corrected chi connectivity index (χ4v) is 3.68. The third kappa shape index (κ3) is 8.82. The van der Waals surface area contributed by atoms with Gasteiger partial charge < -0.3 is 21.1 Å². The van der Waals surface area contributed by atoms with Gasteiger partial charge in [-0.1, -0.05) is 23.7 Å². The number of amides is 2. The molecule has 0 saturated carbocycles. The number of fused-ring (bicyclic) bond motifs is 1. The number of nitrogens with zero attached hydrogens (tertiary/aromatic N) is 1. The van der Waals surface area contributed by atoms with E-state index in [1.165, 1.54) is 36.5 Å². The molecular weight excluding hydrogens is 530 g/mol. The van der Waals surface area contributed by atoms with Crippen molar-refractivity contribution in [2.75, 3.05) is 18.5 Å². The van der Waals surface area contributed by atoms with Crippen LogP contribution in [0.3, 0.4) is 0 Å². The third-order valence-corrected chi connectivity index (χ3v) is 5.92. The van der Waals surface area contributed by atoms with Gasteiger partial charge in [0.1, 0.15) is 24.1 Å². The number of anilines is 1. The number of carbonyl (C=O) groups is 2. The molecule has 2 amide bonds. The zero-order valence-electron chi connectivity index (χ0n) is 20.0. The molecule has 2 aromatic carbocycles. The first-order valence-corrected chi connectivity index (χ1v) is 12.0. The number of halogens is 5. The van der Waals surface area contributed by atoms with Gasteiger partial charge in [0.25, 0.3) is 6.43 Å². The molecule has 1 aromatic heterocycles. The van der Waals surface area contributed by atoms with Crippen molar-refractivity contribution in [2.24, 2.45) is 5.73 Å². The molecule has 5 N–H and O–H groups in total. The highest BCUT2D eigenvalue weighted by Gasteiger charge is 2.21. The summed E-state index contributed by atoms with van der Waals surface area (Å²) in [6.45, 7) is -0.439. The summed E-state index contributed by atoms with van der Waals surface area (Å²) < 4.78 is 57.8. The maximum absolute atomic E-state index is 13.5. The van der Waals surface area contributed by atoms with Crippen LogP contribution in [0.25, 0.3) is 10.8 Å². The Kier molecular flexibility index (Phi) is 10.6. The van der Waals surface area contributed by atoms with Gasteiger partial charge in [-0.25, -0.2) is 27.3 Å². The second-order valence-corrected chi connectivity index (χ2v) is 8.82. The molecule has 2 atom stereocenters. The molecule has 0 radical (unpaired) electrons. The molecule has 0 aliphatic heterocycles. The maximum atomic E-state index is 13.5. The van der Waals surface area contributed by atoms with Crippen LogP contribution in [0.4, 0.5) is 28.2 Å². The molecule has 1 heterocycles. The quantitative estimate of drug-likeness (QED) is 0.247. The molecule has 0 aliphatic rings. The minimum atomic E-state index is -2.75. The maximum Gasteiger partial charge on any atom is 0.412 e. The predicted molar refractivity (Wildman–Crippen MR) is 135 cm³/mol. The Balaban J connectivity index is 1.53. The monoisotopic (exact) mass is 555 g/mol. The number of alkyl halides is 2. The molecule has 1 unspecified atom stereocenters. The first-order valence-electron chi connectivity index (χ1n) is 11.6. The fraction of sp³-hybridized carbons (Fsp3) is 0.320. The van der Waals surface area contributed by atoms with Crippen LogP contribution in [0.15, 0.2) is 48.7 Å². The number of nitrogens with one attached hydrogen (secondary N) is 3. The van der Waals surface area contributed by atoms with E-state index < -0.39 is 42.1 Å². The van der Waals surface area contributed by atoms with Crippen LogP contribution < -0.4 is 21.7 Å². The third-order valence-electron chi connectivity index (χ3n) is 5.50. The van der Waals surface area contributed by atoms with E-state index >= 15 is 0 Å². The highest BCUT2D eigenvalue weighted by Crippen LogP contribution is 2.20. The highest BCUT2D eigenvalue weighted by molar-refractivity contribution is 6.31. The first kappa shape index (κ1) is 29.1. The van der Waals surface area contributed by atoms with Gasteiger partial charge in [0.2, 0.25) is 5.91 Å². The zero-order chi connectivity index (χ0) is 27.7. The van der Waals surface area contributed by atoms with E-state index in [1.807, 2.05) is 0 Å². The van der Waals surface area contributed by atoms with Crippen molar-refractivity contribution in [2.45, 2.75) is 37.9 Å². The number of hydrogen-bond acceptors (Lipinski definition) is 6. The second-order valence-electron chi connectivity index (χ2n) is 8.44. The van der Waals surface area contributed by atoms with Crippen LogP contribution in [0.5, 0.6) is 0 Å². The summed E-state index contributed by atoms with van der Waals surface area (Å²) in [4.78, 5) is 28.7. The minimum absolute atomic E-state index is 0.00769. The van der Waals surface area contributed by atoms with Crippen LogP contribution in [-0.4, -0.2) is 48.6 Å². The van der Waals surface area contributed by atoms with Crippen LogP contribution in [0, 0.1) is 11.6 Å². The second kappa shape index (κ2) is 13.9. The summed E-state index contributed by atoms with van der Waals surface area (Å²) in [5.41, 5.74) is 5.86. The number of ether oxygens (including phenoxy) is 1. The van der Waals surface area contributed by atoms with Gasteiger partial charge in [0, 0.05) is 18.1 Å². The molecule has 3 aromatic rings. The Hall–Kier alpha value is -3.48. The summed E-state index contributed by atoms with van der Waals surface area (Å²) in [6, 6.07) is 7.60. The van der Waals surface area contributed by atoms with Gasteiger partial charge in [-0.15, -0.1) is 0 Å². The largest absolute Gasteiger partial charge is 0.447 e. The van der Waals surface area contributed by atoms with E-state index in [4.69, 9.17) is 22.1 Å². The van der Waals surface area contributed by atoms with Gasteiger partial charge in [0.15, 0.2) is 0 Å². The Labute approximate surface area is 220 Å². The summed E-state index contributed by atoms with van der Waals surface area (Å²) in [7, 11) is 0. The van der Waals surface area contributed by atoms with E-state index in [0.717, 1.165) is 0 Å². The molecule has 0 bridgehead atoms. The molecule has 3 rings (SSSR count). The van der Waals surface area contributed by atoms with Gasteiger partial charge in [0.05, 0.1) is 23.7 Å². The van der Waals surface area contributed by atoms with Crippen molar-refractivity contribution < 1.29 is 31.9 Å². The smallest absolute Gasteiger partial charge is 0.412 e. The molecule has 0 fully saturated rings. The van der Waals surface area contributed by atoms with Crippen LogP contribution in [-0.2, 0) is 16.1 Å². The number of rotatable bonds is 12. The molecular formula is C25H26ClF4N5O3. The molecule has 8 nitrogen and oxygen atoms in total. The molecule has 0 aliphatic carbocycles. The van der Waals surface area contributed by atoms with Crippen LogP contribution in [0.1, 0.15) is 18.4 Å². The summed E-state index contributed by atoms with van der Waals surface area (Å²) in [6.07, 6.45) is -2.35. The average molecular weight is 556 g/mol.